The SMILES string of the molecule is O=C(c1ccco1)N1CCN(C(=O)c2cccc3nccn23)CC1. The molecule has 0 atom stereocenters. The zero-order valence-electron chi connectivity index (χ0n) is 13.0. The van der Waals surface area contributed by atoms with Crippen molar-refractivity contribution >= 4 is 17.5 Å². The van der Waals surface area contributed by atoms with Crippen molar-refractivity contribution in [2.75, 3.05) is 26.2 Å². The largest absolute Gasteiger partial charge is 0.459 e. The van der Waals surface area contributed by atoms with Crippen molar-refractivity contribution in [3.05, 3.63) is 60.4 Å². The Hall–Kier alpha value is -3.09. The quantitative estimate of drug-likeness (QED) is 0.717. The second-order valence-electron chi connectivity index (χ2n) is 5.63. The van der Waals surface area contributed by atoms with Crippen LogP contribution in [0.15, 0.2) is 53.4 Å². The van der Waals surface area contributed by atoms with Gasteiger partial charge in [-0.2, -0.15) is 0 Å². The lowest BCUT2D eigenvalue weighted by molar-refractivity contribution is 0.0514. The van der Waals surface area contributed by atoms with Crippen molar-refractivity contribution < 1.29 is 14.0 Å². The van der Waals surface area contributed by atoms with Crippen LogP contribution in [0.2, 0.25) is 0 Å². The maximum atomic E-state index is 12.8. The fourth-order valence-electron chi connectivity index (χ4n) is 2.95. The van der Waals surface area contributed by atoms with Crippen LogP contribution in [0.3, 0.4) is 0 Å². The topological polar surface area (TPSA) is 71.1 Å². The van der Waals surface area contributed by atoms with E-state index in [0.717, 1.165) is 5.65 Å². The summed E-state index contributed by atoms with van der Waals surface area (Å²) >= 11 is 0. The lowest BCUT2D eigenvalue weighted by Crippen LogP contribution is -2.50. The van der Waals surface area contributed by atoms with Crippen LogP contribution in [0.4, 0.5) is 0 Å². The van der Waals surface area contributed by atoms with Crippen molar-refractivity contribution in [3.63, 3.8) is 0 Å². The van der Waals surface area contributed by atoms with Gasteiger partial charge in [0.25, 0.3) is 11.8 Å². The van der Waals surface area contributed by atoms with Gasteiger partial charge in [0.2, 0.25) is 0 Å². The molecule has 0 saturated carbocycles. The molecule has 0 N–H and O–H groups in total. The molecular weight excluding hydrogens is 308 g/mol. The first-order valence-corrected chi connectivity index (χ1v) is 7.78. The van der Waals surface area contributed by atoms with Crippen LogP contribution in [0.5, 0.6) is 0 Å². The minimum absolute atomic E-state index is 0.0521. The number of carbonyl (C=O) groups is 2. The third-order valence-corrected chi connectivity index (χ3v) is 4.23. The maximum absolute atomic E-state index is 12.8. The summed E-state index contributed by atoms with van der Waals surface area (Å²) in [7, 11) is 0. The number of hydrogen-bond acceptors (Lipinski definition) is 4. The van der Waals surface area contributed by atoms with Gasteiger partial charge in [0.15, 0.2) is 5.76 Å². The maximum Gasteiger partial charge on any atom is 0.289 e. The Morgan fingerprint density at radius 3 is 2.42 bits per heavy atom. The van der Waals surface area contributed by atoms with Crippen LogP contribution in [0.25, 0.3) is 5.65 Å². The number of aromatic nitrogens is 2. The number of piperazine rings is 1. The second-order valence-corrected chi connectivity index (χ2v) is 5.63. The van der Waals surface area contributed by atoms with Gasteiger partial charge in [-0.1, -0.05) is 6.07 Å². The predicted octanol–water partition coefficient (Wildman–Crippen LogP) is 1.53. The van der Waals surface area contributed by atoms with Gasteiger partial charge >= 0.3 is 0 Å². The number of pyridine rings is 1. The Bertz CT molecular complexity index is 876. The molecule has 7 heteroatoms. The number of fused-ring (bicyclic) bond motifs is 1. The monoisotopic (exact) mass is 324 g/mol. The molecular formula is C17H16N4O3. The number of carbonyl (C=O) groups excluding carboxylic acids is 2. The van der Waals surface area contributed by atoms with Gasteiger partial charge in [-0.05, 0) is 24.3 Å². The van der Waals surface area contributed by atoms with E-state index < -0.39 is 0 Å². The zero-order valence-corrected chi connectivity index (χ0v) is 13.0. The first-order valence-electron chi connectivity index (χ1n) is 7.78. The van der Waals surface area contributed by atoms with E-state index in [1.165, 1.54) is 6.26 Å². The third-order valence-electron chi connectivity index (χ3n) is 4.23. The molecule has 1 aliphatic rings. The van der Waals surface area contributed by atoms with E-state index in [0.29, 0.717) is 37.6 Å². The van der Waals surface area contributed by atoms with Gasteiger partial charge in [-0.25, -0.2) is 4.98 Å². The normalized spacial score (nSPS) is 15.0. The molecule has 7 nitrogen and oxygen atoms in total. The van der Waals surface area contributed by atoms with Crippen molar-refractivity contribution in [1.29, 1.82) is 0 Å². The fourth-order valence-corrected chi connectivity index (χ4v) is 2.95. The molecule has 3 aromatic heterocycles. The van der Waals surface area contributed by atoms with E-state index in [1.54, 1.807) is 44.8 Å². The van der Waals surface area contributed by atoms with Crippen molar-refractivity contribution in [3.8, 4) is 0 Å². The highest BCUT2D eigenvalue weighted by Gasteiger charge is 2.27. The molecule has 0 bridgehead atoms. The molecule has 0 radical (unpaired) electrons. The van der Waals surface area contributed by atoms with Gasteiger partial charge in [-0.3, -0.25) is 14.0 Å². The number of furan rings is 1. The lowest BCUT2D eigenvalue weighted by Gasteiger charge is -2.34. The highest BCUT2D eigenvalue weighted by molar-refractivity contribution is 5.94. The molecule has 4 rings (SSSR count). The summed E-state index contributed by atoms with van der Waals surface area (Å²) in [4.78, 5) is 32.7. The molecule has 122 valence electrons. The summed E-state index contributed by atoms with van der Waals surface area (Å²) in [5, 5.41) is 0. The van der Waals surface area contributed by atoms with Crippen LogP contribution in [-0.4, -0.2) is 57.2 Å². The molecule has 0 spiro atoms. The first-order chi connectivity index (χ1) is 11.7. The Morgan fingerprint density at radius 1 is 0.958 bits per heavy atom. The van der Waals surface area contributed by atoms with Crippen LogP contribution in [0, 0.1) is 0 Å². The Kier molecular flexibility index (Phi) is 3.53. The van der Waals surface area contributed by atoms with Crippen LogP contribution in [-0.2, 0) is 0 Å². The lowest BCUT2D eigenvalue weighted by atomic mass is 10.2. The Morgan fingerprint density at radius 2 is 1.71 bits per heavy atom. The van der Waals surface area contributed by atoms with Gasteiger partial charge in [0, 0.05) is 38.6 Å². The number of nitrogens with zero attached hydrogens (tertiary/aromatic N) is 4. The molecule has 0 aliphatic carbocycles. The molecule has 1 saturated heterocycles. The molecule has 4 heterocycles. The molecule has 1 fully saturated rings. The summed E-state index contributed by atoms with van der Waals surface area (Å²) in [5.74, 6) is 0.144. The summed E-state index contributed by atoms with van der Waals surface area (Å²) in [6, 6.07) is 8.82. The van der Waals surface area contributed by atoms with Crippen LogP contribution < -0.4 is 0 Å². The van der Waals surface area contributed by atoms with Crippen molar-refractivity contribution in [2.24, 2.45) is 0 Å². The van der Waals surface area contributed by atoms with Crippen LogP contribution >= 0.6 is 0 Å². The average molecular weight is 324 g/mol. The van der Waals surface area contributed by atoms with Gasteiger partial charge < -0.3 is 14.2 Å². The van der Waals surface area contributed by atoms with Crippen LogP contribution in [0.1, 0.15) is 21.0 Å². The van der Waals surface area contributed by atoms with Crippen molar-refractivity contribution in [2.45, 2.75) is 0 Å². The minimum atomic E-state index is -0.135. The third kappa shape index (κ3) is 2.44. The number of hydrogen-bond donors (Lipinski definition) is 0. The number of imidazole rings is 1. The van der Waals surface area contributed by atoms with E-state index in [9.17, 15) is 9.59 Å². The fraction of sp³-hybridized carbons (Fsp3) is 0.235. The minimum Gasteiger partial charge on any atom is -0.459 e. The molecule has 0 unspecified atom stereocenters. The van der Waals surface area contributed by atoms with Gasteiger partial charge in [0.05, 0.1) is 6.26 Å². The first kappa shape index (κ1) is 14.5. The summed E-state index contributed by atoms with van der Waals surface area (Å²) in [6.45, 7) is 1.98. The number of amides is 2. The number of rotatable bonds is 2. The van der Waals surface area contributed by atoms with E-state index in [1.807, 2.05) is 12.1 Å². The average Bonchev–Trinajstić information content (AvgIpc) is 3.31. The van der Waals surface area contributed by atoms with E-state index in [2.05, 4.69) is 4.98 Å². The van der Waals surface area contributed by atoms with Gasteiger partial charge in [-0.15, -0.1) is 0 Å². The zero-order chi connectivity index (χ0) is 16.5. The van der Waals surface area contributed by atoms with Gasteiger partial charge in [0.1, 0.15) is 11.3 Å². The summed E-state index contributed by atoms with van der Waals surface area (Å²) in [5.41, 5.74) is 1.32. The molecule has 24 heavy (non-hydrogen) atoms. The summed E-state index contributed by atoms with van der Waals surface area (Å²) < 4.78 is 6.93. The van der Waals surface area contributed by atoms with Crippen molar-refractivity contribution in [1.82, 2.24) is 19.2 Å². The molecule has 2 amide bonds. The van der Waals surface area contributed by atoms with E-state index in [4.69, 9.17) is 4.42 Å². The van der Waals surface area contributed by atoms with E-state index in [-0.39, 0.29) is 11.8 Å². The molecule has 1 aliphatic heterocycles. The highest BCUT2D eigenvalue weighted by atomic mass is 16.3. The Balaban J connectivity index is 1.47. The second kappa shape index (κ2) is 5.84. The van der Waals surface area contributed by atoms with E-state index >= 15 is 0 Å². The Labute approximate surface area is 138 Å². The summed E-state index contributed by atoms with van der Waals surface area (Å²) in [6.07, 6.45) is 4.93. The molecule has 0 aromatic carbocycles. The predicted molar refractivity (Wildman–Crippen MR) is 85.7 cm³/mol. The smallest absolute Gasteiger partial charge is 0.289 e. The standard InChI is InChI=1S/C17H16N4O3/c22-16(13-3-1-5-15-18-6-7-21(13)15)19-8-10-20(11-9-19)17(23)14-4-2-12-24-14/h1-7,12H,8-11H2. The highest BCUT2D eigenvalue weighted by Crippen LogP contribution is 2.13. The molecule has 3 aromatic rings.